The Morgan fingerprint density at radius 3 is 2.66 bits per heavy atom. The van der Waals surface area contributed by atoms with Crippen molar-refractivity contribution >= 4 is 31.6 Å². The monoisotopic (exact) mass is 424 g/mol. The summed E-state index contributed by atoms with van der Waals surface area (Å²) in [5, 5.41) is 21.6. The second-order valence-corrected chi connectivity index (χ2v) is 12.3. The van der Waals surface area contributed by atoms with E-state index in [4.69, 9.17) is 4.74 Å². The molecule has 2 amide bonds. The summed E-state index contributed by atoms with van der Waals surface area (Å²) >= 11 is 0. The van der Waals surface area contributed by atoms with E-state index in [2.05, 4.69) is 5.32 Å². The van der Waals surface area contributed by atoms with Crippen molar-refractivity contribution in [2.24, 2.45) is 5.92 Å². The zero-order chi connectivity index (χ0) is 21.7. The van der Waals surface area contributed by atoms with Crippen LogP contribution in [0.3, 0.4) is 0 Å². The number of aliphatic hydroxyl groups excluding tert-OH is 2. The van der Waals surface area contributed by atoms with E-state index in [-0.39, 0.29) is 18.9 Å². The van der Waals surface area contributed by atoms with Gasteiger partial charge in [-0.25, -0.2) is 0 Å². The number of carbonyl (C=O) groups is 2. The van der Waals surface area contributed by atoms with Crippen molar-refractivity contribution in [3.8, 4) is 0 Å². The lowest BCUT2D eigenvalue weighted by Gasteiger charge is -2.31. The number of benzene rings is 1. The molecule has 0 saturated carbocycles. The number of rotatable bonds is 5. The molecule has 0 unspecified atom stereocenters. The molecule has 3 N–H and O–H groups in total. The van der Waals surface area contributed by atoms with Crippen LogP contribution in [0.25, 0.3) is 0 Å². The number of amides is 2. The first-order chi connectivity index (χ1) is 13.4. The van der Waals surface area contributed by atoms with Crippen molar-refractivity contribution < 1.29 is 28.6 Å². The van der Waals surface area contributed by atoms with Gasteiger partial charge in [0, 0.05) is 36.4 Å². The van der Waals surface area contributed by atoms with Crippen molar-refractivity contribution in [2.45, 2.75) is 56.7 Å². The van der Waals surface area contributed by atoms with Crippen LogP contribution in [0.2, 0.25) is 18.6 Å². The predicted molar refractivity (Wildman–Crippen MR) is 110 cm³/mol. The Hall–Kier alpha value is -1.81. The standard InChI is InChI=1S/C20H29FN2O5Si/c1-11-17(29(4,5)21)16(8-9-24)28-20(11)14-10-13(22-18(26)12(2)25)6-7-15(14)23(3)19(20)27/h6-7,10-12,16-17,24-25H,8-9H2,1-5H3,(H,22,26)/t11-,12+,16+,17-,20+/m1/s1. The topological polar surface area (TPSA) is 99.1 Å². The van der Waals surface area contributed by atoms with Gasteiger partial charge in [0.05, 0.1) is 11.8 Å². The lowest BCUT2D eigenvalue weighted by Crippen LogP contribution is -2.44. The van der Waals surface area contributed by atoms with Gasteiger partial charge in [0.25, 0.3) is 11.8 Å². The maximum atomic E-state index is 15.3. The Morgan fingerprint density at radius 1 is 1.45 bits per heavy atom. The minimum Gasteiger partial charge on any atom is -0.396 e. The number of likely N-dealkylation sites (N-methyl/N-ethyl adjacent to an activating group) is 1. The molecule has 0 aromatic heterocycles. The van der Waals surface area contributed by atoms with Gasteiger partial charge in [-0.1, -0.05) is 6.92 Å². The van der Waals surface area contributed by atoms with E-state index in [1.54, 1.807) is 38.3 Å². The quantitative estimate of drug-likeness (QED) is 0.497. The van der Waals surface area contributed by atoms with Crippen LogP contribution in [-0.2, 0) is 19.9 Å². The number of anilines is 2. The summed E-state index contributed by atoms with van der Waals surface area (Å²) in [5.74, 6) is -1.28. The second-order valence-electron chi connectivity index (χ2n) is 8.54. The molecule has 1 saturated heterocycles. The van der Waals surface area contributed by atoms with Gasteiger partial charge >= 0.3 is 0 Å². The number of hydrogen-bond donors (Lipinski definition) is 3. The number of fused-ring (bicyclic) bond motifs is 2. The Kier molecular flexibility index (Phi) is 5.63. The van der Waals surface area contributed by atoms with Crippen LogP contribution >= 0.6 is 0 Å². The van der Waals surface area contributed by atoms with E-state index in [0.717, 1.165) is 0 Å². The minimum atomic E-state index is -3.22. The molecule has 1 fully saturated rings. The Morgan fingerprint density at radius 2 is 2.10 bits per heavy atom. The Bertz CT molecular complexity index is 828. The highest BCUT2D eigenvalue weighted by molar-refractivity contribution is 6.72. The number of nitrogens with zero attached hydrogens (tertiary/aromatic N) is 1. The van der Waals surface area contributed by atoms with E-state index in [9.17, 15) is 19.8 Å². The fraction of sp³-hybridized carbons (Fsp3) is 0.600. The largest absolute Gasteiger partial charge is 0.396 e. The van der Waals surface area contributed by atoms with Crippen molar-refractivity contribution in [1.29, 1.82) is 0 Å². The van der Waals surface area contributed by atoms with Crippen molar-refractivity contribution in [1.82, 2.24) is 0 Å². The molecule has 1 aromatic rings. The molecule has 2 heterocycles. The van der Waals surface area contributed by atoms with E-state index in [0.29, 0.717) is 16.9 Å². The molecule has 5 atom stereocenters. The van der Waals surface area contributed by atoms with Gasteiger partial charge < -0.3 is 29.3 Å². The van der Waals surface area contributed by atoms with Gasteiger partial charge in [-0.3, -0.25) is 9.59 Å². The summed E-state index contributed by atoms with van der Waals surface area (Å²) in [6, 6.07) is 5.03. The molecule has 160 valence electrons. The fourth-order valence-electron chi connectivity index (χ4n) is 4.87. The molecule has 2 aliphatic rings. The fourth-order valence-corrected chi connectivity index (χ4v) is 7.42. The maximum Gasteiger partial charge on any atom is 0.264 e. The number of aliphatic hydroxyl groups is 2. The summed E-state index contributed by atoms with van der Waals surface area (Å²) in [6.45, 7) is 6.24. The van der Waals surface area contributed by atoms with Crippen LogP contribution < -0.4 is 10.2 Å². The smallest absolute Gasteiger partial charge is 0.264 e. The highest BCUT2D eigenvalue weighted by Gasteiger charge is 2.66. The third-order valence-electron chi connectivity index (χ3n) is 6.15. The predicted octanol–water partition coefficient (Wildman–Crippen LogP) is 2.14. The molecule has 29 heavy (non-hydrogen) atoms. The first-order valence-electron chi connectivity index (χ1n) is 9.84. The number of carbonyl (C=O) groups excluding carboxylic acids is 2. The van der Waals surface area contributed by atoms with E-state index in [1.165, 1.54) is 11.8 Å². The molecule has 2 aliphatic heterocycles. The first kappa shape index (κ1) is 21.9. The third kappa shape index (κ3) is 3.39. The molecule has 0 bridgehead atoms. The molecular formula is C20H29FN2O5Si. The average Bonchev–Trinajstić information content (AvgIpc) is 3.03. The van der Waals surface area contributed by atoms with Crippen molar-refractivity contribution in [3.63, 3.8) is 0 Å². The summed E-state index contributed by atoms with van der Waals surface area (Å²) in [6.07, 6.45) is -1.50. The number of halogens is 1. The van der Waals surface area contributed by atoms with E-state index in [1.807, 2.05) is 6.92 Å². The molecule has 0 aliphatic carbocycles. The second kappa shape index (κ2) is 7.46. The van der Waals surface area contributed by atoms with Crippen molar-refractivity contribution in [2.75, 3.05) is 23.9 Å². The lowest BCUT2D eigenvalue weighted by atomic mass is 9.82. The van der Waals surface area contributed by atoms with Crippen LogP contribution in [-0.4, -0.2) is 56.3 Å². The summed E-state index contributed by atoms with van der Waals surface area (Å²) in [4.78, 5) is 26.8. The maximum absolute atomic E-state index is 15.3. The summed E-state index contributed by atoms with van der Waals surface area (Å²) in [7, 11) is -1.57. The average molecular weight is 425 g/mol. The molecular weight excluding hydrogens is 395 g/mol. The Balaban J connectivity index is 2.11. The van der Waals surface area contributed by atoms with Gasteiger partial charge in [-0.2, -0.15) is 0 Å². The van der Waals surface area contributed by atoms with Crippen LogP contribution in [0.1, 0.15) is 25.8 Å². The van der Waals surface area contributed by atoms with Gasteiger partial charge in [0.1, 0.15) is 6.10 Å². The van der Waals surface area contributed by atoms with Crippen molar-refractivity contribution in [3.05, 3.63) is 23.8 Å². The highest BCUT2D eigenvalue weighted by Crippen LogP contribution is 2.60. The highest BCUT2D eigenvalue weighted by atomic mass is 28.4. The molecule has 7 nitrogen and oxygen atoms in total. The molecule has 9 heteroatoms. The van der Waals surface area contributed by atoms with Gasteiger partial charge in [-0.05, 0) is 44.6 Å². The minimum absolute atomic E-state index is 0.157. The number of nitrogens with one attached hydrogen (secondary N) is 1. The zero-order valence-electron chi connectivity index (χ0n) is 17.4. The van der Waals surface area contributed by atoms with E-state index >= 15 is 4.11 Å². The first-order valence-corrected chi connectivity index (χ1v) is 12.8. The van der Waals surface area contributed by atoms with E-state index < -0.39 is 43.6 Å². The Labute approximate surface area is 171 Å². The van der Waals surface area contributed by atoms with Crippen LogP contribution in [0.5, 0.6) is 0 Å². The lowest BCUT2D eigenvalue weighted by molar-refractivity contribution is -0.146. The SMILES string of the molecule is C[C@H](O)C(=O)Nc1ccc2c(c1)[C@]1(O[C@@H](CCO)[C@H]([Si](C)(C)F)[C@H]1C)C(=O)N2C. The van der Waals surface area contributed by atoms with Crippen LogP contribution in [0.15, 0.2) is 18.2 Å². The number of ether oxygens (including phenoxy) is 1. The van der Waals surface area contributed by atoms with Gasteiger partial charge in [0.15, 0.2) is 5.60 Å². The molecule has 0 radical (unpaired) electrons. The van der Waals surface area contributed by atoms with Gasteiger partial charge in [-0.15, -0.1) is 0 Å². The number of hydrogen-bond acceptors (Lipinski definition) is 5. The summed E-state index contributed by atoms with van der Waals surface area (Å²) < 4.78 is 21.6. The van der Waals surface area contributed by atoms with Gasteiger partial charge in [0.2, 0.25) is 8.41 Å². The third-order valence-corrected chi connectivity index (χ3v) is 8.61. The molecule has 3 rings (SSSR count). The molecule has 1 aromatic carbocycles. The zero-order valence-corrected chi connectivity index (χ0v) is 18.4. The summed E-state index contributed by atoms with van der Waals surface area (Å²) in [5.41, 5.74) is -0.194. The molecule has 1 spiro atoms. The normalized spacial score (nSPS) is 30.0. The van der Waals surface area contributed by atoms with Crippen LogP contribution in [0.4, 0.5) is 15.5 Å². The van der Waals surface area contributed by atoms with Crippen LogP contribution in [0, 0.1) is 5.92 Å².